The number of amides is 2. The summed E-state index contributed by atoms with van der Waals surface area (Å²) in [6, 6.07) is 35.1. The van der Waals surface area contributed by atoms with E-state index in [-0.39, 0.29) is 36.5 Å². The molecule has 5 rings (SSSR count). The van der Waals surface area contributed by atoms with E-state index < -0.39 is 6.29 Å². The lowest BCUT2D eigenvalue weighted by atomic mass is 9.90. The van der Waals surface area contributed by atoms with Gasteiger partial charge in [-0.3, -0.25) is 14.5 Å². The van der Waals surface area contributed by atoms with Crippen LogP contribution in [0.5, 0.6) is 0 Å². The highest BCUT2D eigenvalue weighted by Crippen LogP contribution is 2.42. The average molecular weight is 678 g/mol. The summed E-state index contributed by atoms with van der Waals surface area (Å²) in [5.41, 5.74) is 7.34. The maximum absolute atomic E-state index is 12.4. The largest absolute Gasteiger partial charge is 0.392 e. The third-order valence-corrected chi connectivity index (χ3v) is 9.30. The molecule has 0 saturated carbocycles. The quantitative estimate of drug-likeness (QED) is 0.110. The molecule has 1 saturated heterocycles. The molecule has 4 atom stereocenters. The summed E-state index contributed by atoms with van der Waals surface area (Å²) in [6.45, 7) is 6.41. The van der Waals surface area contributed by atoms with Crippen LogP contribution in [0.4, 0.5) is 0 Å². The van der Waals surface area contributed by atoms with Gasteiger partial charge in [0.25, 0.3) is 0 Å². The van der Waals surface area contributed by atoms with Crippen LogP contribution in [-0.2, 0) is 38.8 Å². The molecule has 0 radical (unpaired) electrons. The van der Waals surface area contributed by atoms with Crippen LogP contribution >= 0.6 is 0 Å². The van der Waals surface area contributed by atoms with Crippen LogP contribution in [0.3, 0.4) is 0 Å². The van der Waals surface area contributed by atoms with Gasteiger partial charge in [0.2, 0.25) is 11.8 Å². The Morgan fingerprint density at radius 1 is 0.760 bits per heavy atom. The smallest absolute Gasteiger partial charge is 0.220 e. The van der Waals surface area contributed by atoms with Crippen molar-refractivity contribution in [2.24, 2.45) is 5.92 Å². The fraction of sp³-hybridized carbons (Fsp3) is 0.381. The van der Waals surface area contributed by atoms with Crippen LogP contribution in [0.25, 0.3) is 11.1 Å². The molecule has 8 nitrogen and oxygen atoms in total. The first-order valence-corrected chi connectivity index (χ1v) is 17.7. The van der Waals surface area contributed by atoms with Crippen molar-refractivity contribution in [1.82, 2.24) is 15.5 Å². The van der Waals surface area contributed by atoms with Crippen molar-refractivity contribution in [3.05, 3.63) is 131 Å². The minimum atomic E-state index is -0.537. The SMILES string of the molecule is CC(=O)NCCCCCC(=O)NCc1cccc(-c2ccc([C@@H]3O[C@H](CN(C)Cc4ccccc4)[C@H](C)[C@H](c4ccc(CO)cc4)O3)cc2)c1. The molecule has 4 aromatic rings. The maximum atomic E-state index is 12.4. The van der Waals surface area contributed by atoms with Gasteiger partial charge < -0.3 is 25.2 Å². The van der Waals surface area contributed by atoms with Crippen molar-refractivity contribution in [3.8, 4) is 11.1 Å². The molecule has 4 aromatic carbocycles. The van der Waals surface area contributed by atoms with Crippen molar-refractivity contribution in [3.63, 3.8) is 0 Å². The predicted octanol–water partition coefficient (Wildman–Crippen LogP) is 7.08. The summed E-state index contributed by atoms with van der Waals surface area (Å²) in [5, 5.41) is 15.4. The highest BCUT2D eigenvalue weighted by Gasteiger charge is 2.38. The van der Waals surface area contributed by atoms with Gasteiger partial charge in [0, 0.05) is 51.0 Å². The number of likely N-dealkylation sites (N-methyl/N-ethyl adjacent to an activating group) is 1. The minimum absolute atomic E-state index is 0.00687. The molecule has 0 spiro atoms. The van der Waals surface area contributed by atoms with Crippen LogP contribution in [-0.4, -0.2) is 48.1 Å². The highest BCUT2D eigenvalue weighted by atomic mass is 16.7. The molecule has 1 aliphatic heterocycles. The van der Waals surface area contributed by atoms with Gasteiger partial charge in [-0.15, -0.1) is 0 Å². The molecule has 2 amide bonds. The normalized spacial score (nSPS) is 18.9. The Balaban J connectivity index is 1.23. The molecule has 0 aromatic heterocycles. The number of aliphatic hydroxyl groups excluding tert-OH is 1. The number of carbonyl (C=O) groups excluding carboxylic acids is 2. The molecular weight excluding hydrogens is 626 g/mol. The second-order valence-corrected chi connectivity index (χ2v) is 13.4. The van der Waals surface area contributed by atoms with Crippen LogP contribution in [0.2, 0.25) is 0 Å². The first-order chi connectivity index (χ1) is 24.3. The van der Waals surface area contributed by atoms with E-state index in [1.807, 2.05) is 30.3 Å². The van der Waals surface area contributed by atoms with E-state index in [1.165, 1.54) is 12.5 Å². The Kier molecular flexibility index (Phi) is 13.7. The Labute approximate surface area is 296 Å². The Hall–Kier alpha value is -4.34. The number of nitrogens with one attached hydrogen (secondary N) is 2. The van der Waals surface area contributed by atoms with Gasteiger partial charge in [0.15, 0.2) is 6.29 Å². The molecular formula is C42H51N3O5. The number of rotatable bonds is 16. The van der Waals surface area contributed by atoms with E-state index >= 15 is 0 Å². The van der Waals surface area contributed by atoms with Gasteiger partial charge in [-0.2, -0.15) is 0 Å². The number of nitrogens with zero attached hydrogens (tertiary/aromatic N) is 1. The number of hydrogen-bond acceptors (Lipinski definition) is 6. The molecule has 1 fully saturated rings. The predicted molar refractivity (Wildman–Crippen MR) is 197 cm³/mol. The molecule has 0 aliphatic carbocycles. The number of unbranched alkanes of at least 4 members (excludes halogenated alkanes) is 2. The fourth-order valence-electron chi connectivity index (χ4n) is 6.43. The van der Waals surface area contributed by atoms with Crippen molar-refractivity contribution >= 4 is 11.8 Å². The highest BCUT2D eigenvalue weighted by molar-refractivity contribution is 5.76. The Morgan fingerprint density at radius 2 is 1.48 bits per heavy atom. The second-order valence-electron chi connectivity index (χ2n) is 13.4. The van der Waals surface area contributed by atoms with Crippen molar-refractivity contribution in [1.29, 1.82) is 0 Å². The molecule has 50 heavy (non-hydrogen) atoms. The molecule has 8 heteroatoms. The molecule has 0 bridgehead atoms. The Morgan fingerprint density at radius 3 is 2.20 bits per heavy atom. The summed E-state index contributed by atoms with van der Waals surface area (Å²) < 4.78 is 13.4. The minimum Gasteiger partial charge on any atom is -0.392 e. The van der Waals surface area contributed by atoms with E-state index in [4.69, 9.17) is 9.47 Å². The number of hydrogen-bond donors (Lipinski definition) is 3. The number of carbonyl (C=O) groups is 2. The fourth-order valence-corrected chi connectivity index (χ4v) is 6.43. The van der Waals surface area contributed by atoms with Crippen LogP contribution in [0.1, 0.15) is 79.7 Å². The van der Waals surface area contributed by atoms with Crippen LogP contribution in [0, 0.1) is 5.92 Å². The standard InChI is InChI=1S/C42H51N3O5/c1-30-39(28-45(3)27-32-11-6-4-7-12-32)49-42(50-41(30)36-18-16-33(29-46)17-19-36)37-22-20-35(21-23-37)38-14-10-13-34(25-38)26-44-40(48)15-8-5-9-24-43-31(2)47/h4,6-7,10-14,16-23,25,30,39,41-42,46H,5,8-9,15,24,26-29H2,1-3H3,(H,43,47)(H,44,48)/t30-,39+,41+,42+/m0/s1. The summed E-state index contributed by atoms with van der Waals surface area (Å²) in [6.07, 6.45) is 2.27. The lowest BCUT2D eigenvalue weighted by molar-refractivity contribution is -0.276. The summed E-state index contributed by atoms with van der Waals surface area (Å²) in [4.78, 5) is 25.7. The monoisotopic (exact) mass is 677 g/mol. The van der Waals surface area contributed by atoms with E-state index in [2.05, 4.69) is 102 Å². The summed E-state index contributed by atoms with van der Waals surface area (Å²) >= 11 is 0. The zero-order valence-corrected chi connectivity index (χ0v) is 29.5. The third kappa shape index (κ3) is 10.8. The third-order valence-electron chi connectivity index (χ3n) is 9.30. The topological polar surface area (TPSA) is 100 Å². The van der Waals surface area contributed by atoms with E-state index in [0.717, 1.165) is 65.7 Å². The Bertz CT molecular complexity index is 1640. The van der Waals surface area contributed by atoms with Gasteiger partial charge in [0.05, 0.1) is 18.8 Å². The number of benzene rings is 4. The first kappa shape index (κ1) is 36.9. The van der Waals surface area contributed by atoms with Crippen molar-refractivity contribution in [2.75, 3.05) is 20.1 Å². The van der Waals surface area contributed by atoms with Gasteiger partial charge in [0.1, 0.15) is 0 Å². The summed E-state index contributed by atoms with van der Waals surface area (Å²) in [5.74, 6) is 0.112. The van der Waals surface area contributed by atoms with Gasteiger partial charge in [-0.05, 0) is 59.3 Å². The maximum Gasteiger partial charge on any atom is 0.220 e. The van der Waals surface area contributed by atoms with Gasteiger partial charge in [-0.25, -0.2) is 0 Å². The first-order valence-electron chi connectivity index (χ1n) is 17.7. The summed E-state index contributed by atoms with van der Waals surface area (Å²) in [7, 11) is 2.13. The lowest BCUT2D eigenvalue weighted by Crippen LogP contribution is -2.43. The molecule has 3 N–H and O–H groups in total. The zero-order chi connectivity index (χ0) is 35.3. The van der Waals surface area contributed by atoms with Crippen LogP contribution < -0.4 is 10.6 Å². The zero-order valence-electron chi connectivity index (χ0n) is 29.5. The van der Waals surface area contributed by atoms with E-state index in [9.17, 15) is 14.7 Å². The van der Waals surface area contributed by atoms with Gasteiger partial charge in [-0.1, -0.05) is 110 Å². The van der Waals surface area contributed by atoms with Gasteiger partial charge >= 0.3 is 0 Å². The lowest BCUT2D eigenvalue weighted by Gasteiger charge is -2.42. The molecule has 1 aliphatic rings. The number of aliphatic hydroxyl groups is 1. The molecule has 1 heterocycles. The molecule has 0 unspecified atom stereocenters. The average Bonchev–Trinajstić information content (AvgIpc) is 3.13. The van der Waals surface area contributed by atoms with Crippen molar-refractivity contribution in [2.45, 2.75) is 77.7 Å². The van der Waals surface area contributed by atoms with E-state index in [0.29, 0.717) is 19.5 Å². The number of ether oxygens (including phenoxy) is 2. The van der Waals surface area contributed by atoms with Crippen molar-refractivity contribution < 1.29 is 24.2 Å². The second kappa shape index (κ2) is 18.6. The van der Waals surface area contributed by atoms with E-state index in [1.54, 1.807) is 0 Å². The molecule has 264 valence electrons. The van der Waals surface area contributed by atoms with Crippen LogP contribution in [0.15, 0.2) is 103 Å².